The van der Waals surface area contributed by atoms with Gasteiger partial charge in [-0.25, -0.2) is 0 Å². The number of anilines is 1. The van der Waals surface area contributed by atoms with Gasteiger partial charge >= 0.3 is 5.97 Å². The van der Waals surface area contributed by atoms with Crippen LogP contribution in [0.5, 0.6) is 0 Å². The quantitative estimate of drug-likeness (QED) is 0.902. The Kier molecular flexibility index (Phi) is 4.43. The van der Waals surface area contributed by atoms with Gasteiger partial charge in [-0.3, -0.25) is 4.79 Å². The molecule has 1 heterocycles. The minimum Gasteiger partial charge on any atom is -0.481 e. The molecule has 19 heavy (non-hydrogen) atoms. The van der Waals surface area contributed by atoms with Crippen LogP contribution in [-0.4, -0.2) is 43.2 Å². The molecule has 1 aliphatic heterocycles. The third-order valence-corrected chi connectivity index (χ3v) is 3.57. The summed E-state index contributed by atoms with van der Waals surface area (Å²) in [5.74, 6) is -0.899. The van der Waals surface area contributed by atoms with Crippen molar-refractivity contribution in [3.8, 4) is 0 Å². The standard InChI is InChI=1S/C15H22N2O2/c1-16(2)10-12-5-7-14(8-6-12)17-9-3-4-13(11-17)15(18)19/h5-8,13H,3-4,9-11H2,1-2H3,(H,18,19). The summed E-state index contributed by atoms with van der Waals surface area (Å²) in [6.45, 7) is 2.51. The van der Waals surface area contributed by atoms with Crippen molar-refractivity contribution in [3.05, 3.63) is 29.8 Å². The second-order valence-corrected chi connectivity index (χ2v) is 5.53. The summed E-state index contributed by atoms with van der Waals surface area (Å²) in [6, 6.07) is 8.45. The van der Waals surface area contributed by atoms with Gasteiger partial charge in [-0.1, -0.05) is 12.1 Å². The van der Waals surface area contributed by atoms with Crippen LogP contribution in [0.2, 0.25) is 0 Å². The first-order valence-electron chi connectivity index (χ1n) is 6.77. The minimum atomic E-state index is -0.672. The van der Waals surface area contributed by atoms with E-state index in [0.29, 0.717) is 6.54 Å². The molecule has 1 aliphatic rings. The maximum absolute atomic E-state index is 11.1. The highest BCUT2D eigenvalue weighted by Gasteiger charge is 2.25. The Hall–Kier alpha value is -1.55. The van der Waals surface area contributed by atoms with Crippen molar-refractivity contribution < 1.29 is 9.90 Å². The van der Waals surface area contributed by atoms with Gasteiger partial charge in [-0.2, -0.15) is 0 Å². The third kappa shape index (κ3) is 3.70. The van der Waals surface area contributed by atoms with Gasteiger partial charge in [0, 0.05) is 25.3 Å². The molecule has 2 rings (SSSR count). The number of carboxylic acid groups (broad SMARTS) is 1. The third-order valence-electron chi connectivity index (χ3n) is 3.57. The molecule has 1 unspecified atom stereocenters. The van der Waals surface area contributed by atoms with E-state index in [4.69, 9.17) is 5.11 Å². The highest BCUT2D eigenvalue weighted by atomic mass is 16.4. The van der Waals surface area contributed by atoms with E-state index in [1.54, 1.807) is 0 Å². The fourth-order valence-corrected chi connectivity index (χ4v) is 2.59. The van der Waals surface area contributed by atoms with E-state index < -0.39 is 5.97 Å². The topological polar surface area (TPSA) is 43.8 Å². The largest absolute Gasteiger partial charge is 0.481 e. The Bertz CT molecular complexity index is 428. The molecule has 1 atom stereocenters. The lowest BCUT2D eigenvalue weighted by Gasteiger charge is -2.32. The predicted octanol–water partition coefficient (Wildman–Crippen LogP) is 2.05. The van der Waals surface area contributed by atoms with Crippen LogP contribution < -0.4 is 4.90 Å². The molecular formula is C15H22N2O2. The lowest BCUT2D eigenvalue weighted by Crippen LogP contribution is -2.38. The molecule has 1 aromatic rings. The van der Waals surface area contributed by atoms with E-state index in [9.17, 15) is 4.79 Å². The van der Waals surface area contributed by atoms with Crippen molar-refractivity contribution in [2.24, 2.45) is 5.92 Å². The molecule has 0 amide bonds. The SMILES string of the molecule is CN(C)Cc1ccc(N2CCCC(C(=O)O)C2)cc1. The molecule has 0 bridgehead atoms. The lowest BCUT2D eigenvalue weighted by molar-refractivity contribution is -0.141. The summed E-state index contributed by atoms with van der Waals surface area (Å²) in [4.78, 5) is 15.4. The molecule has 1 aromatic carbocycles. The molecule has 0 saturated carbocycles. The summed E-state index contributed by atoms with van der Waals surface area (Å²) in [5, 5.41) is 9.11. The Balaban J connectivity index is 2.03. The van der Waals surface area contributed by atoms with Gasteiger partial charge in [0.25, 0.3) is 0 Å². The number of carbonyl (C=O) groups is 1. The van der Waals surface area contributed by atoms with Crippen molar-refractivity contribution in [1.82, 2.24) is 4.90 Å². The van der Waals surface area contributed by atoms with Crippen molar-refractivity contribution in [1.29, 1.82) is 0 Å². The zero-order valence-electron chi connectivity index (χ0n) is 11.7. The molecule has 0 spiro atoms. The maximum Gasteiger partial charge on any atom is 0.308 e. The molecule has 104 valence electrons. The summed E-state index contributed by atoms with van der Waals surface area (Å²) in [5.41, 5.74) is 2.41. The van der Waals surface area contributed by atoms with Gasteiger partial charge in [0.05, 0.1) is 5.92 Å². The van der Waals surface area contributed by atoms with E-state index in [0.717, 1.165) is 31.6 Å². The van der Waals surface area contributed by atoms with Crippen molar-refractivity contribution >= 4 is 11.7 Å². The van der Waals surface area contributed by atoms with Crippen LogP contribution in [0, 0.1) is 5.92 Å². The molecule has 0 aliphatic carbocycles. The van der Waals surface area contributed by atoms with Crippen LogP contribution >= 0.6 is 0 Å². The maximum atomic E-state index is 11.1. The Morgan fingerprint density at radius 1 is 1.37 bits per heavy atom. The Labute approximate surface area is 114 Å². The molecule has 0 radical (unpaired) electrons. The first-order valence-corrected chi connectivity index (χ1v) is 6.77. The van der Waals surface area contributed by atoms with Crippen LogP contribution in [0.1, 0.15) is 18.4 Å². The Morgan fingerprint density at radius 3 is 2.63 bits per heavy atom. The molecular weight excluding hydrogens is 240 g/mol. The highest BCUT2D eigenvalue weighted by Crippen LogP contribution is 2.23. The van der Waals surface area contributed by atoms with Crippen LogP contribution in [-0.2, 0) is 11.3 Å². The number of hydrogen-bond acceptors (Lipinski definition) is 3. The number of benzene rings is 1. The average Bonchev–Trinajstić information content (AvgIpc) is 2.39. The first-order chi connectivity index (χ1) is 9.06. The molecule has 4 nitrogen and oxygen atoms in total. The predicted molar refractivity (Wildman–Crippen MR) is 76.4 cm³/mol. The number of nitrogens with zero attached hydrogens (tertiary/aromatic N) is 2. The zero-order valence-corrected chi connectivity index (χ0v) is 11.7. The van der Waals surface area contributed by atoms with Gasteiger partial charge in [-0.15, -0.1) is 0 Å². The normalized spacial score (nSPS) is 19.7. The van der Waals surface area contributed by atoms with Gasteiger partial charge in [0.2, 0.25) is 0 Å². The second kappa shape index (κ2) is 6.06. The first kappa shape index (κ1) is 13.9. The molecule has 1 fully saturated rings. The highest BCUT2D eigenvalue weighted by molar-refractivity contribution is 5.71. The van der Waals surface area contributed by atoms with Gasteiger partial charge < -0.3 is 14.9 Å². The number of piperidine rings is 1. The monoisotopic (exact) mass is 262 g/mol. The van der Waals surface area contributed by atoms with Gasteiger partial charge in [0.1, 0.15) is 0 Å². The van der Waals surface area contributed by atoms with Crippen LogP contribution in [0.3, 0.4) is 0 Å². The fraction of sp³-hybridized carbons (Fsp3) is 0.533. The van der Waals surface area contributed by atoms with Crippen molar-refractivity contribution in [2.75, 3.05) is 32.1 Å². The lowest BCUT2D eigenvalue weighted by atomic mass is 9.97. The summed E-state index contributed by atoms with van der Waals surface area (Å²) in [6.07, 6.45) is 1.75. The summed E-state index contributed by atoms with van der Waals surface area (Å²) >= 11 is 0. The van der Waals surface area contributed by atoms with E-state index >= 15 is 0 Å². The van der Waals surface area contributed by atoms with Gasteiger partial charge in [0.15, 0.2) is 0 Å². The number of hydrogen-bond donors (Lipinski definition) is 1. The zero-order chi connectivity index (χ0) is 13.8. The van der Waals surface area contributed by atoms with E-state index in [-0.39, 0.29) is 5.92 Å². The summed E-state index contributed by atoms with van der Waals surface area (Å²) < 4.78 is 0. The smallest absolute Gasteiger partial charge is 0.308 e. The molecule has 1 saturated heterocycles. The number of rotatable bonds is 4. The van der Waals surface area contributed by atoms with E-state index in [1.165, 1.54) is 5.56 Å². The van der Waals surface area contributed by atoms with E-state index in [2.05, 4.69) is 48.2 Å². The van der Waals surface area contributed by atoms with Crippen LogP contribution in [0.25, 0.3) is 0 Å². The molecule has 0 aromatic heterocycles. The molecule has 1 N–H and O–H groups in total. The average molecular weight is 262 g/mol. The van der Waals surface area contributed by atoms with Crippen LogP contribution in [0.15, 0.2) is 24.3 Å². The fourth-order valence-electron chi connectivity index (χ4n) is 2.59. The Morgan fingerprint density at radius 2 is 2.05 bits per heavy atom. The second-order valence-electron chi connectivity index (χ2n) is 5.53. The molecule has 4 heteroatoms. The van der Waals surface area contributed by atoms with Crippen molar-refractivity contribution in [3.63, 3.8) is 0 Å². The minimum absolute atomic E-state index is 0.227. The van der Waals surface area contributed by atoms with Crippen molar-refractivity contribution in [2.45, 2.75) is 19.4 Å². The number of carboxylic acids is 1. The number of aliphatic carboxylic acids is 1. The van der Waals surface area contributed by atoms with E-state index in [1.807, 2.05) is 0 Å². The summed E-state index contributed by atoms with van der Waals surface area (Å²) in [7, 11) is 4.10. The van der Waals surface area contributed by atoms with Gasteiger partial charge in [-0.05, 0) is 44.6 Å². The van der Waals surface area contributed by atoms with Crippen LogP contribution in [0.4, 0.5) is 5.69 Å².